The number of imidazole rings is 1. The van der Waals surface area contributed by atoms with Crippen LogP contribution in [0.3, 0.4) is 0 Å². The molecule has 0 spiro atoms. The Morgan fingerprint density at radius 2 is 1.94 bits per heavy atom. The molecule has 2 aromatic rings. The van der Waals surface area contributed by atoms with E-state index in [9.17, 15) is 0 Å². The zero-order chi connectivity index (χ0) is 11.0. The number of hydrogen-bond acceptors (Lipinski definition) is 3. The first kappa shape index (κ1) is 10.3. The Hall–Kier alpha value is -0.850. The second kappa shape index (κ2) is 4.20. The lowest BCUT2D eigenvalue weighted by Crippen LogP contribution is -2.31. The van der Waals surface area contributed by atoms with Gasteiger partial charge in [-0.05, 0) is 41.9 Å². The molecule has 0 unspecified atom stereocenters. The normalized spacial score (nSPS) is 16.9. The first-order chi connectivity index (χ1) is 7.86. The van der Waals surface area contributed by atoms with Gasteiger partial charge >= 0.3 is 0 Å². The van der Waals surface area contributed by atoms with Crippen molar-refractivity contribution in [3.05, 3.63) is 22.2 Å². The number of aromatic nitrogens is 3. The van der Waals surface area contributed by atoms with Crippen LogP contribution in [0.25, 0.3) is 5.65 Å². The van der Waals surface area contributed by atoms with Crippen molar-refractivity contribution >= 4 is 34.2 Å². The first-order valence-corrected chi connectivity index (χ1v) is 6.66. The molecule has 0 bridgehead atoms. The lowest BCUT2D eigenvalue weighted by atomic mass is 10.1. The van der Waals surface area contributed by atoms with Crippen LogP contribution < -0.4 is 4.90 Å². The summed E-state index contributed by atoms with van der Waals surface area (Å²) in [6.07, 6.45) is 9.62. The first-order valence-electron chi connectivity index (χ1n) is 5.59. The van der Waals surface area contributed by atoms with Crippen LogP contribution in [0.2, 0.25) is 0 Å². The van der Waals surface area contributed by atoms with Crippen molar-refractivity contribution in [1.82, 2.24) is 14.4 Å². The monoisotopic (exact) mass is 328 g/mol. The second-order valence-electron chi connectivity index (χ2n) is 4.07. The molecule has 84 valence electrons. The van der Waals surface area contributed by atoms with Gasteiger partial charge in [0.25, 0.3) is 0 Å². The van der Waals surface area contributed by atoms with E-state index in [4.69, 9.17) is 0 Å². The zero-order valence-corrected chi connectivity index (χ0v) is 11.1. The van der Waals surface area contributed by atoms with Crippen molar-refractivity contribution in [2.45, 2.75) is 19.3 Å². The Kier molecular flexibility index (Phi) is 2.70. The van der Waals surface area contributed by atoms with Crippen LogP contribution in [-0.2, 0) is 0 Å². The topological polar surface area (TPSA) is 33.4 Å². The Labute approximate surface area is 108 Å². The van der Waals surface area contributed by atoms with Crippen LogP contribution in [0, 0.1) is 3.57 Å². The van der Waals surface area contributed by atoms with Crippen molar-refractivity contribution in [2.24, 2.45) is 0 Å². The molecule has 3 rings (SSSR count). The lowest BCUT2D eigenvalue weighted by molar-refractivity contribution is 0.566. The van der Waals surface area contributed by atoms with Crippen molar-refractivity contribution in [3.63, 3.8) is 0 Å². The molecule has 0 aromatic carbocycles. The standard InChI is InChI=1S/C11H13IN4/c12-9-8-14-11(15-5-2-1-3-6-15)16-7-4-13-10(9)16/h4,7-8H,1-3,5-6H2. The molecule has 2 aromatic heterocycles. The zero-order valence-electron chi connectivity index (χ0n) is 8.93. The van der Waals surface area contributed by atoms with Crippen molar-refractivity contribution in [1.29, 1.82) is 0 Å². The summed E-state index contributed by atoms with van der Waals surface area (Å²) >= 11 is 2.28. The maximum Gasteiger partial charge on any atom is 0.211 e. The molecule has 3 heterocycles. The van der Waals surface area contributed by atoms with Gasteiger partial charge in [-0.3, -0.25) is 4.40 Å². The highest BCUT2D eigenvalue weighted by molar-refractivity contribution is 14.1. The fraction of sp³-hybridized carbons (Fsp3) is 0.455. The molecule has 0 aliphatic carbocycles. The Balaban J connectivity index is 2.08. The molecule has 0 N–H and O–H groups in total. The molecule has 16 heavy (non-hydrogen) atoms. The van der Waals surface area contributed by atoms with Crippen LogP contribution in [0.15, 0.2) is 18.6 Å². The van der Waals surface area contributed by atoms with Crippen LogP contribution >= 0.6 is 22.6 Å². The van der Waals surface area contributed by atoms with E-state index in [2.05, 4.69) is 41.9 Å². The predicted molar refractivity (Wildman–Crippen MR) is 71.8 cm³/mol. The van der Waals surface area contributed by atoms with Gasteiger partial charge in [-0.15, -0.1) is 0 Å². The van der Waals surface area contributed by atoms with E-state index in [1.807, 2.05) is 18.6 Å². The van der Waals surface area contributed by atoms with E-state index in [-0.39, 0.29) is 0 Å². The van der Waals surface area contributed by atoms with Crippen molar-refractivity contribution in [2.75, 3.05) is 18.0 Å². The van der Waals surface area contributed by atoms with Crippen LogP contribution in [0.4, 0.5) is 5.95 Å². The van der Waals surface area contributed by atoms with Gasteiger partial charge < -0.3 is 4.90 Å². The summed E-state index contributed by atoms with van der Waals surface area (Å²) in [5.41, 5.74) is 1.01. The number of piperidine rings is 1. The highest BCUT2D eigenvalue weighted by Crippen LogP contribution is 2.21. The van der Waals surface area contributed by atoms with Gasteiger partial charge in [0.15, 0.2) is 5.65 Å². The fourth-order valence-electron chi connectivity index (χ4n) is 2.20. The number of rotatable bonds is 1. The van der Waals surface area contributed by atoms with Crippen LogP contribution in [0.5, 0.6) is 0 Å². The maximum absolute atomic E-state index is 4.54. The maximum atomic E-state index is 4.54. The highest BCUT2D eigenvalue weighted by atomic mass is 127. The number of hydrogen-bond donors (Lipinski definition) is 0. The van der Waals surface area contributed by atoms with E-state index in [0.717, 1.165) is 28.3 Å². The lowest BCUT2D eigenvalue weighted by Gasteiger charge is -2.28. The molecule has 1 aliphatic rings. The molecule has 4 nitrogen and oxygen atoms in total. The third-order valence-electron chi connectivity index (χ3n) is 3.00. The van der Waals surface area contributed by atoms with Gasteiger partial charge in [-0.1, -0.05) is 0 Å². The summed E-state index contributed by atoms with van der Waals surface area (Å²) in [4.78, 5) is 11.3. The third-order valence-corrected chi connectivity index (χ3v) is 3.76. The van der Waals surface area contributed by atoms with Crippen molar-refractivity contribution < 1.29 is 0 Å². The summed E-state index contributed by atoms with van der Waals surface area (Å²) in [6.45, 7) is 2.22. The Morgan fingerprint density at radius 3 is 2.75 bits per heavy atom. The molecular weight excluding hydrogens is 315 g/mol. The van der Waals surface area contributed by atoms with E-state index < -0.39 is 0 Å². The molecule has 0 radical (unpaired) electrons. The molecule has 1 fully saturated rings. The summed E-state index contributed by atoms with van der Waals surface area (Å²) in [6, 6.07) is 0. The quantitative estimate of drug-likeness (QED) is 0.754. The Bertz CT molecular complexity index is 502. The van der Waals surface area contributed by atoms with Gasteiger partial charge in [0, 0.05) is 31.7 Å². The average molecular weight is 328 g/mol. The van der Waals surface area contributed by atoms with Crippen molar-refractivity contribution in [3.8, 4) is 0 Å². The third kappa shape index (κ3) is 1.66. The summed E-state index contributed by atoms with van der Waals surface area (Å²) in [5, 5.41) is 0. The predicted octanol–water partition coefficient (Wildman–Crippen LogP) is 2.32. The van der Waals surface area contributed by atoms with Gasteiger partial charge in [-0.2, -0.15) is 0 Å². The fourth-order valence-corrected chi connectivity index (χ4v) is 2.74. The molecule has 0 amide bonds. The summed E-state index contributed by atoms with van der Waals surface area (Å²) in [5.74, 6) is 1.03. The van der Waals surface area contributed by atoms with E-state index in [0.29, 0.717) is 0 Å². The average Bonchev–Trinajstić information content (AvgIpc) is 2.81. The van der Waals surface area contributed by atoms with E-state index >= 15 is 0 Å². The minimum atomic E-state index is 1.01. The molecular formula is C11H13IN4. The Morgan fingerprint density at radius 1 is 1.12 bits per heavy atom. The minimum absolute atomic E-state index is 1.01. The molecule has 1 saturated heterocycles. The second-order valence-corrected chi connectivity index (χ2v) is 5.24. The molecule has 0 saturated carbocycles. The molecule has 5 heteroatoms. The SMILES string of the molecule is Ic1cnc(N2CCCCC2)n2ccnc12. The molecule has 0 atom stereocenters. The number of halogens is 1. The molecule has 1 aliphatic heterocycles. The minimum Gasteiger partial charge on any atom is -0.342 e. The van der Waals surface area contributed by atoms with Gasteiger partial charge in [0.2, 0.25) is 5.95 Å². The van der Waals surface area contributed by atoms with E-state index in [1.54, 1.807) is 0 Å². The number of fused-ring (bicyclic) bond motifs is 1. The summed E-state index contributed by atoms with van der Waals surface area (Å²) in [7, 11) is 0. The smallest absolute Gasteiger partial charge is 0.211 e. The highest BCUT2D eigenvalue weighted by Gasteiger charge is 2.15. The van der Waals surface area contributed by atoms with Crippen LogP contribution in [-0.4, -0.2) is 27.5 Å². The van der Waals surface area contributed by atoms with E-state index in [1.165, 1.54) is 19.3 Å². The van der Waals surface area contributed by atoms with Gasteiger partial charge in [0.1, 0.15) is 0 Å². The number of anilines is 1. The largest absolute Gasteiger partial charge is 0.342 e. The number of nitrogens with zero attached hydrogens (tertiary/aromatic N) is 4. The van der Waals surface area contributed by atoms with Crippen LogP contribution in [0.1, 0.15) is 19.3 Å². The summed E-state index contributed by atoms with van der Waals surface area (Å²) < 4.78 is 3.19. The van der Waals surface area contributed by atoms with Gasteiger partial charge in [-0.25, -0.2) is 9.97 Å². The van der Waals surface area contributed by atoms with Gasteiger partial charge in [0.05, 0.1) is 3.57 Å².